The first kappa shape index (κ1) is 14.4. The van der Waals surface area contributed by atoms with E-state index in [1.54, 1.807) is 0 Å². The molecule has 3 rings (SSSR count). The Kier molecular flexibility index (Phi) is 4.45. The SMILES string of the molecule is [SnH][CH2]C(c1ccccc1)(c1ccccc1)c1ccccc1. The van der Waals surface area contributed by atoms with Crippen LogP contribution >= 0.6 is 0 Å². The van der Waals surface area contributed by atoms with Crippen LogP contribution in [-0.4, -0.2) is 22.5 Å². The Morgan fingerprint density at radius 2 is 0.810 bits per heavy atom. The number of hydrogen-bond donors (Lipinski definition) is 0. The van der Waals surface area contributed by atoms with Crippen molar-refractivity contribution in [2.45, 2.75) is 9.85 Å². The topological polar surface area (TPSA) is 0 Å². The molecule has 0 aliphatic heterocycles. The van der Waals surface area contributed by atoms with E-state index in [0.29, 0.717) is 0 Å². The van der Waals surface area contributed by atoms with Crippen molar-refractivity contribution < 1.29 is 0 Å². The van der Waals surface area contributed by atoms with E-state index in [-0.39, 0.29) is 5.41 Å². The van der Waals surface area contributed by atoms with Crippen LogP contribution in [0.3, 0.4) is 0 Å². The molecule has 3 aromatic carbocycles. The third kappa shape index (κ3) is 2.65. The Labute approximate surface area is 139 Å². The quantitative estimate of drug-likeness (QED) is 0.469. The Bertz CT molecular complexity index is 578. The average molecular weight is 377 g/mol. The summed E-state index contributed by atoms with van der Waals surface area (Å²) in [6, 6.07) is 32.7. The van der Waals surface area contributed by atoms with Crippen molar-refractivity contribution in [3.05, 3.63) is 108 Å². The molecule has 0 aromatic heterocycles. The standard InChI is InChI=1S/C20H17.Sn.H/c1-20(17-11-5-2-6-12-17,18-13-7-3-8-14-18)19-15-9-4-10-16-19;;/h2-16H,1H2;;. The minimum atomic E-state index is -0.0218. The first-order valence-electron chi connectivity index (χ1n) is 7.24. The van der Waals surface area contributed by atoms with E-state index in [9.17, 15) is 0 Å². The summed E-state index contributed by atoms with van der Waals surface area (Å²) in [5, 5.41) is 0. The molecule has 0 amide bonds. The Hall–Kier alpha value is -1.54. The zero-order chi connectivity index (χ0) is 14.5. The van der Waals surface area contributed by atoms with Gasteiger partial charge in [0.25, 0.3) is 0 Å². The summed E-state index contributed by atoms with van der Waals surface area (Å²) in [6.45, 7) is 0. The summed E-state index contributed by atoms with van der Waals surface area (Å²) in [5.41, 5.74) is 4.13. The van der Waals surface area contributed by atoms with Gasteiger partial charge in [0.15, 0.2) is 0 Å². The summed E-state index contributed by atoms with van der Waals surface area (Å²) in [4.78, 5) is 0. The molecule has 0 N–H and O–H groups in total. The molecule has 1 heteroatoms. The van der Waals surface area contributed by atoms with Crippen molar-refractivity contribution in [1.82, 2.24) is 0 Å². The molecule has 2 radical (unpaired) electrons. The summed E-state index contributed by atoms with van der Waals surface area (Å²) in [6.07, 6.45) is 0. The van der Waals surface area contributed by atoms with Gasteiger partial charge in [0.2, 0.25) is 0 Å². The number of hydrogen-bond acceptors (Lipinski definition) is 0. The molecule has 21 heavy (non-hydrogen) atoms. The molecule has 0 spiro atoms. The molecular weight excluding hydrogens is 359 g/mol. The molecule has 102 valence electrons. The van der Waals surface area contributed by atoms with Crippen molar-refractivity contribution >= 4 is 22.5 Å². The minimum absolute atomic E-state index is 0.0218. The fourth-order valence-corrected chi connectivity index (χ4v) is 5.04. The van der Waals surface area contributed by atoms with Crippen molar-refractivity contribution in [2.75, 3.05) is 0 Å². The predicted molar refractivity (Wildman–Crippen MR) is 91.2 cm³/mol. The van der Waals surface area contributed by atoms with E-state index in [4.69, 9.17) is 0 Å². The maximum absolute atomic E-state index is 2.26. The summed E-state index contributed by atoms with van der Waals surface area (Å²) >= 11 is 1.22. The van der Waals surface area contributed by atoms with E-state index in [0.717, 1.165) is 4.44 Å². The second-order valence-electron chi connectivity index (χ2n) is 5.21. The van der Waals surface area contributed by atoms with Gasteiger partial charge in [0, 0.05) is 0 Å². The van der Waals surface area contributed by atoms with Gasteiger partial charge in [-0.1, -0.05) is 0 Å². The first-order valence-corrected chi connectivity index (χ1v) is 9.57. The molecule has 0 bridgehead atoms. The van der Waals surface area contributed by atoms with Crippen LogP contribution in [0, 0.1) is 0 Å². The average Bonchev–Trinajstić information content (AvgIpc) is 2.59. The second kappa shape index (κ2) is 6.48. The third-order valence-electron chi connectivity index (χ3n) is 4.11. The van der Waals surface area contributed by atoms with Gasteiger partial charge in [-0.3, -0.25) is 0 Å². The Morgan fingerprint density at radius 1 is 0.524 bits per heavy atom. The van der Waals surface area contributed by atoms with Crippen LogP contribution in [-0.2, 0) is 5.41 Å². The molecular formula is C20H18Sn. The Balaban J connectivity index is 2.29. The molecule has 0 nitrogen and oxygen atoms in total. The zero-order valence-corrected chi connectivity index (χ0v) is 15.2. The van der Waals surface area contributed by atoms with Gasteiger partial charge in [0.05, 0.1) is 0 Å². The van der Waals surface area contributed by atoms with Gasteiger partial charge in [-0.2, -0.15) is 0 Å². The molecule has 0 saturated heterocycles. The Morgan fingerprint density at radius 3 is 1.05 bits per heavy atom. The monoisotopic (exact) mass is 378 g/mol. The van der Waals surface area contributed by atoms with Gasteiger partial charge in [-0.15, -0.1) is 0 Å². The summed E-state index contributed by atoms with van der Waals surface area (Å²) in [5.74, 6) is 0. The molecule has 0 aliphatic rings. The van der Waals surface area contributed by atoms with Crippen LogP contribution in [0.25, 0.3) is 0 Å². The van der Waals surface area contributed by atoms with Crippen LogP contribution in [0.2, 0.25) is 4.44 Å². The van der Waals surface area contributed by atoms with Gasteiger partial charge in [-0.25, -0.2) is 0 Å². The van der Waals surface area contributed by atoms with Crippen LogP contribution in [0.4, 0.5) is 0 Å². The molecule has 3 aromatic rings. The number of rotatable bonds is 4. The second-order valence-corrected chi connectivity index (χ2v) is 6.37. The molecule has 0 aliphatic carbocycles. The normalized spacial score (nSPS) is 11.3. The van der Waals surface area contributed by atoms with Crippen molar-refractivity contribution in [2.24, 2.45) is 0 Å². The van der Waals surface area contributed by atoms with E-state index in [1.165, 1.54) is 39.2 Å². The van der Waals surface area contributed by atoms with Gasteiger partial charge < -0.3 is 0 Å². The first-order chi connectivity index (χ1) is 10.4. The van der Waals surface area contributed by atoms with E-state index >= 15 is 0 Å². The van der Waals surface area contributed by atoms with E-state index < -0.39 is 0 Å². The summed E-state index contributed by atoms with van der Waals surface area (Å²) < 4.78 is 1.16. The maximum atomic E-state index is 2.26. The molecule has 0 saturated carbocycles. The van der Waals surface area contributed by atoms with Crippen molar-refractivity contribution in [3.8, 4) is 0 Å². The van der Waals surface area contributed by atoms with Crippen LogP contribution < -0.4 is 0 Å². The van der Waals surface area contributed by atoms with Crippen molar-refractivity contribution in [1.29, 1.82) is 0 Å². The molecule has 0 unspecified atom stereocenters. The molecule has 0 fully saturated rings. The van der Waals surface area contributed by atoms with Gasteiger partial charge in [-0.05, 0) is 0 Å². The van der Waals surface area contributed by atoms with Crippen molar-refractivity contribution in [3.63, 3.8) is 0 Å². The predicted octanol–water partition coefficient (Wildman–Crippen LogP) is 4.34. The summed E-state index contributed by atoms with van der Waals surface area (Å²) in [7, 11) is 0. The van der Waals surface area contributed by atoms with Gasteiger partial charge >= 0.3 is 140 Å². The molecule has 0 atom stereocenters. The van der Waals surface area contributed by atoms with Crippen LogP contribution in [0.15, 0.2) is 91.0 Å². The third-order valence-corrected chi connectivity index (χ3v) is 5.85. The number of benzene rings is 3. The fourth-order valence-electron chi connectivity index (χ4n) is 3.02. The van der Waals surface area contributed by atoms with Gasteiger partial charge in [0.1, 0.15) is 0 Å². The fraction of sp³-hybridized carbons (Fsp3) is 0.100. The van der Waals surface area contributed by atoms with Crippen LogP contribution in [0.1, 0.15) is 16.7 Å². The van der Waals surface area contributed by atoms with Crippen LogP contribution in [0.5, 0.6) is 0 Å². The van der Waals surface area contributed by atoms with E-state index in [2.05, 4.69) is 91.0 Å². The zero-order valence-electron chi connectivity index (χ0n) is 11.9. The molecule has 0 heterocycles. The van der Waals surface area contributed by atoms with E-state index in [1.807, 2.05) is 0 Å².